The second-order valence-electron chi connectivity index (χ2n) is 7.33. The number of nitrogens with zero attached hydrogens (tertiary/aromatic N) is 1. The highest BCUT2D eigenvalue weighted by atomic mass is 32.2. The molecule has 0 aromatic carbocycles. The number of nitrogens with one attached hydrogen (secondary N) is 1. The highest BCUT2D eigenvalue weighted by Crippen LogP contribution is 2.45. The molecule has 2 aliphatic rings. The highest BCUT2D eigenvalue weighted by molar-refractivity contribution is 7.88. The van der Waals surface area contributed by atoms with Gasteiger partial charge in [-0.15, -0.1) is 0 Å². The van der Waals surface area contributed by atoms with Crippen LogP contribution in [0.4, 0.5) is 0 Å². The third kappa shape index (κ3) is 5.40. The number of ether oxygens (including phenoxy) is 2. The molecular weight excluding hydrogens is 332 g/mol. The Bertz CT molecular complexity index is 545. The maximum atomic E-state index is 12.2. The van der Waals surface area contributed by atoms with Gasteiger partial charge in [-0.2, -0.15) is 0 Å². The van der Waals surface area contributed by atoms with Crippen molar-refractivity contribution >= 4 is 16.0 Å². The lowest BCUT2D eigenvalue weighted by atomic mass is 9.95. The van der Waals surface area contributed by atoms with E-state index < -0.39 is 15.6 Å². The summed E-state index contributed by atoms with van der Waals surface area (Å²) >= 11 is 0. The van der Waals surface area contributed by atoms with Gasteiger partial charge in [0.15, 0.2) is 0 Å². The van der Waals surface area contributed by atoms with E-state index in [4.69, 9.17) is 9.47 Å². The largest absolute Gasteiger partial charge is 0.459 e. The Hall–Kier alpha value is -0.700. The second-order valence-corrected chi connectivity index (χ2v) is 9.42. The van der Waals surface area contributed by atoms with Crippen LogP contribution in [0.1, 0.15) is 39.5 Å². The smallest absolute Gasteiger partial charge is 0.306 e. The van der Waals surface area contributed by atoms with Gasteiger partial charge in [-0.25, -0.2) is 12.7 Å². The molecule has 1 saturated carbocycles. The molecule has 0 bridgehead atoms. The zero-order chi connectivity index (χ0) is 18.0. The van der Waals surface area contributed by atoms with Crippen molar-refractivity contribution in [2.24, 2.45) is 5.92 Å². The van der Waals surface area contributed by atoms with E-state index in [0.29, 0.717) is 18.8 Å². The van der Waals surface area contributed by atoms with Gasteiger partial charge >= 0.3 is 5.97 Å². The Labute approximate surface area is 145 Å². The molecule has 2 rings (SSSR count). The minimum Gasteiger partial charge on any atom is -0.459 e. The molecule has 7 nitrogen and oxygen atoms in total. The maximum Gasteiger partial charge on any atom is 0.306 e. The topological polar surface area (TPSA) is 84.9 Å². The summed E-state index contributed by atoms with van der Waals surface area (Å²) < 4.78 is 36.1. The number of likely N-dealkylation sites (N-methyl/N-ethyl adjacent to an activating group) is 1. The van der Waals surface area contributed by atoms with Gasteiger partial charge in [-0.3, -0.25) is 4.79 Å². The lowest BCUT2D eigenvalue weighted by molar-refractivity contribution is -0.151. The summed E-state index contributed by atoms with van der Waals surface area (Å²) in [5.41, 5.74) is -0.713. The van der Waals surface area contributed by atoms with Crippen molar-refractivity contribution in [3.05, 3.63) is 0 Å². The third-order valence-corrected chi connectivity index (χ3v) is 5.93. The molecule has 0 aromatic rings. The quantitative estimate of drug-likeness (QED) is 0.641. The average molecular weight is 362 g/mol. The molecule has 8 heteroatoms. The summed E-state index contributed by atoms with van der Waals surface area (Å²) in [5, 5.41) is 3.28. The van der Waals surface area contributed by atoms with E-state index in [1.165, 1.54) is 11.4 Å². The van der Waals surface area contributed by atoms with Crippen LogP contribution in [0.2, 0.25) is 0 Å². The van der Waals surface area contributed by atoms with Crippen LogP contribution < -0.4 is 5.32 Å². The fraction of sp³-hybridized carbons (Fsp3) is 0.938. The van der Waals surface area contributed by atoms with Crippen molar-refractivity contribution < 1.29 is 22.7 Å². The molecule has 0 aromatic heterocycles. The fourth-order valence-corrected chi connectivity index (χ4v) is 3.68. The molecule has 1 saturated heterocycles. The molecule has 0 amide bonds. The van der Waals surface area contributed by atoms with E-state index >= 15 is 0 Å². The minimum atomic E-state index is -3.30. The van der Waals surface area contributed by atoms with E-state index in [-0.39, 0.29) is 24.7 Å². The van der Waals surface area contributed by atoms with Gasteiger partial charge in [-0.05, 0) is 45.7 Å². The Balaban J connectivity index is 1.90. The van der Waals surface area contributed by atoms with Crippen LogP contribution in [0, 0.1) is 5.92 Å². The summed E-state index contributed by atoms with van der Waals surface area (Å²) in [4.78, 5) is 12.2. The van der Waals surface area contributed by atoms with E-state index in [9.17, 15) is 13.2 Å². The zero-order valence-electron chi connectivity index (χ0n) is 15.1. The zero-order valence-corrected chi connectivity index (χ0v) is 15.9. The summed E-state index contributed by atoms with van der Waals surface area (Å²) in [7, 11) is -1.78. The van der Waals surface area contributed by atoms with Crippen molar-refractivity contribution in [2.45, 2.75) is 57.3 Å². The van der Waals surface area contributed by atoms with Crippen LogP contribution in [0.5, 0.6) is 0 Å². The standard InChI is InChI=1S/C16H30N2O5S/c1-12(2)23-16(11-18(3)24(4,20)21)10-14(16)22-15(19)9-13-5-7-17-8-6-13/h12-14,17H,5-11H2,1-4H3/t14-,16?/m1/s1. The van der Waals surface area contributed by atoms with Gasteiger partial charge in [0.1, 0.15) is 11.7 Å². The minimum absolute atomic E-state index is 0.0638. The average Bonchev–Trinajstić information content (AvgIpc) is 3.09. The Morgan fingerprint density at radius 2 is 1.96 bits per heavy atom. The lowest BCUT2D eigenvalue weighted by Crippen LogP contribution is -2.40. The molecule has 2 atom stereocenters. The predicted octanol–water partition coefficient (Wildman–Crippen LogP) is 0.747. The molecule has 1 N–H and O–H groups in total. The van der Waals surface area contributed by atoms with Crippen molar-refractivity contribution in [3.63, 3.8) is 0 Å². The fourth-order valence-electron chi connectivity index (χ4n) is 3.22. The van der Waals surface area contributed by atoms with Crippen molar-refractivity contribution in [2.75, 3.05) is 32.9 Å². The molecule has 0 radical (unpaired) electrons. The molecular formula is C16H30N2O5S. The number of rotatable bonds is 8. The number of esters is 1. The molecule has 1 heterocycles. The predicted molar refractivity (Wildman–Crippen MR) is 91.1 cm³/mol. The van der Waals surface area contributed by atoms with E-state index in [1.54, 1.807) is 0 Å². The third-order valence-electron chi connectivity index (χ3n) is 4.67. The first-order valence-corrected chi connectivity index (χ1v) is 10.5. The number of carbonyl (C=O) groups is 1. The molecule has 24 heavy (non-hydrogen) atoms. The van der Waals surface area contributed by atoms with Gasteiger partial charge < -0.3 is 14.8 Å². The van der Waals surface area contributed by atoms with E-state index in [0.717, 1.165) is 32.2 Å². The summed E-state index contributed by atoms with van der Waals surface area (Å²) in [6.07, 6.45) is 3.69. The van der Waals surface area contributed by atoms with Crippen LogP contribution in [-0.4, -0.2) is 69.4 Å². The summed E-state index contributed by atoms with van der Waals surface area (Å²) in [5.74, 6) is 0.166. The number of sulfonamides is 1. The highest BCUT2D eigenvalue weighted by Gasteiger charge is 2.60. The molecule has 0 spiro atoms. The molecule has 1 aliphatic heterocycles. The first-order chi connectivity index (χ1) is 11.1. The van der Waals surface area contributed by atoms with Gasteiger partial charge in [0.05, 0.1) is 12.4 Å². The first kappa shape index (κ1) is 19.6. The van der Waals surface area contributed by atoms with E-state index in [2.05, 4.69) is 5.32 Å². The van der Waals surface area contributed by atoms with Crippen LogP contribution >= 0.6 is 0 Å². The normalized spacial score (nSPS) is 28.3. The maximum absolute atomic E-state index is 12.2. The van der Waals surface area contributed by atoms with E-state index in [1.807, 2.05) is 13.8 Å². The lowest BCUT2D eigenvalue weighted by Gasteiger charge is -2.26. The van der Waals surface area contributed by atoms with Crippen molar-refractivity contribution in [1.29, 1.82) is 0 Å². The molecule has 2 fully saturated rings. The van der Waals surface area contributed by atoms with Crippen LogP contribution in [-0.2, 0) is 24.3 Å². The SMILES string of the molecule is CC(C)OC1(CN(C)S(C)(=O)=O)C[C@H]1OC(=O)CC1CCNCC1. The number of hydrogen-bond donors (Lipinski definition) is 1. The van der Waals surface area contributed by atoms with Crippen molar-refractivity contribution in [3.8, 4) is 0 Å². The van der Waals surface area contributed by atoms with Crippen molar-refractivity contribution in [1.82, 2.24) is 9.62 Å². The number of carbonyl (C=O) groups excluding carboxylic acids is 1. The number of piperidine rings is 1. The van der Waals surface area contributed by atoms with Crippen LogP contribution in [0.3, 0.4) is 0 Å². The Morgan fingerprint density at radius 1 is 1.33 bits per heavy atom. The van der Waals surface area contributed by atoms with Gasteiger partial charge in [0.2, 0.25) is 10.0 Å². The van der Waals surface area contributed by atoms with Gasteiger partial charge in [0.25, 0.3) is 0 Å². The van der Waals surface area contributed by atoms with Gasteiger partial charge in [-0.1, -0.05) is 0 Å². The monoisotopic (exact) mass is 362 g/mol. The summed E-state index contributed by atoms with van der Waals surface area (Å²) in [6.45, 7) is 5.89. The Kier molecular flexibility index (Phi) is 6.28. The Morgan fingerprint density at radius 3 is 2.50 bits per heavy atom. The van der Waals surface area contributed by atoms with Crippen LogP contribution in [0.25, 0.3) is 0 Å². The van der Waals surface area contributed by atoms with Crippen LogP contribution in [0.15, 0.2) is 0 Å². The number of hydrogen-bond acceptors (Lipinski definition) is 6. The summed E-state index contributed by atoms with van der Waals surface area (Å²) in [6, 6.07) is 0. The first-order valence-electron chi connectivity index (χ1n) is 8.62. The molecule has 1 unspecified atom stereocenters. The van der Waals surface area contributed by atoms with Gasteiger partial charge in [0, 0.05) is 26.4 Å². The molecule has 1 aliphatic carbocycles. The second kappa shape index (κ2) is 7.68. The molecule has 140 valence electrons.